The molecule has 1 N–H and O–H groups in total. The van der Waals surface area contributed by atoms with E-state index in [1.807, 2.05) is 0 Å². The number of aliphatic hydroxyl groups is 1. The van der Waals surface area contributed by atoms with Crippen LogP contribution in [0.5, 0.6) is 0 Å². The summed E-state index contributed by atoms with van der Waals surface area (Å²) in [6.07, 6.45) is 14.4. The van der Waals surface area contributed by atoms with Crippen LogP contribution >= 0.6 is 0 Å². The van der Waals surface area contributed by atoms with Crippen LogP contribution in [0.4, 0.5) is 0 Å². The van der Waals surface area contributed by atoms with Gasteiger partial charge in [-0.25, -0.2) is 0 Å². The zero-order chi connectivity index (χ0) is 19.6. The van der Waals surface area contributed by atoms with E-state index < -0.39 is 6.10 Å². The average Bonchev–Trinajstić information content (AvgIpc) is 2.82. The molecule has 1 aliphatic rings. The van der Waals surface area contributed by atoms with Crippen molar-refractivity contribution in [1.29, 1.82) is 0 Å². The van der Waals surface area contributed by atoms with E-state index in [2.05, 4.69) is 32.9 Å². The van der Waals surface area contributed by atoms with Crippen molar-refractivity contribution in [1.82, 2.24) is 0 Å². The summed E-state index contributed by atoms with van der Waals surface area (Å²) in [4.78, 5) is 23.2. The molecule has 150 valence electrons. The Morgan fingerprint density at radius 3 is 2.54 bits per heavy atom. The van der Waals surface area contributed by atoms with Gasteiger partial charge >= 0.3 is 0 Å². The van der Waals surface area contributed by atoms with Crippen molar-refractivity contribution >= 4 is 11.6 Å². The summed E-state index contributed by atoms with van der Waals surface area (Å²) in [5.74, 6) is 0.446. The van der Waals surface area contributed by atoms with E-state index >= 15 is 0 Å². The van der Waals surface area contributed by atoms with Crippen molar-refractivity contribution in [2.24, 2.45) is 17.3 Å². The number of Topliss-reactive ketones (excluding diaryl/α,β-unsaturated/α-hetero) is 2. The van der Waals surface area contributed by atoms with Gasteiger partial charge in [0.25, 0.3) is 0 Å². The molecule has 3 heteroatoms. The van der Waals surface area contributed by atoms with Gasteiger partial charge in [-0.2, -0.15) is 0 Å². The molecule has 0 amide bonds. The number of carbonyl (C=O) groups excluding carboxylic acids is 2. The predicted octanol–water partition coefficient (Wildman–Crippen LogP) is 5.64. The Kier molecular flexibility index (Phi) is 10.4. The maximum atomic E-state index is 12.3. The molecule has 1 aliphatic carbocycles. The third-order valence-electron chi connectivity index (χ3n) is 5.76. The molecule has 0 aromatic heterocycles. The number of hydrogen-bond donors (Lipinski definition) is 1. The summed E-state index contributed by atoms with van der Waals surface area (Å²) in [7, 11) is 0. The summed E-state index contributed by atoms with van der Waals surface area (Å²) in [5, 5.41) is 10.3. The quantitative estimate of drug-likeness (QED) is 0.339. The third kappa shape index (κ3) is 8.62. The maximum Gasteiger partial charge on any atom is 0.139 e. The highest BCUT2D eigenvalue weighted by atomic mass is 16.3. The molecule has 1 saturated carbocycles. The van der Waals surface area contributed by atoms with E-state index in [-0.39, 0.29) is 28.8 Å². The predicted molar refractivity (Wildman–Crippen MR) is 108 cm³/mol. The number of carbonyl (C=O) groups is 2. The van der Waals surface area contributed by atoms with Crippen LogP contribution in [0.1, 0.15) is 98.3 Å². The summed E-state index contributed by atoms with van der Waals surface area (Å²) >= 11 is 0. The highest BCUT2D eigenvalue weighted by molar-refractivity contribution is 5.84. The molecule has 0 spiro atoms. The fourth-order valence-electron chi connectivity index (χ4n) is 3.99. The Balaban J connectivity index is 2.44. The Morgan fingerprint density at radius 1 is 1.19 bits per heavy atom. The van der Waals surface area contributed by atoms with Crippen LogP contribution in [0.2, 0.25) is 0 Å². The maximum absolute atomic E-state index is 12.3. The third-order valence-corrected chi connectivity index (χ3v) is 5.76. The summed E-state index contributed by atoms with van der Waals surface area (Å²) in [6.45, 7) is 8.44. The molecule has 0 unspecified atom stereocenters. The van der Waals surface area contributed by atoms with Crippen LogP contribution in [-0.2, 0) is 9.59 Å². The first-order valence-electron chi connectivity index (χ1n) is 10.6. The van der Waals surface area contributed by atoms with E-state index in [1.165, 1.54) is 19.3 Å². The van der Waals surface area contributed by atoms with Crippen molar-refractivity contribution in [3.8, 4) is 0 Å². The van der Waals surface area contributed by atoms with Gasteiger partial charge in [-0.3, -0.25) is 4.79 Å². The van der Waals surface area contributed by atoms with E-state index in [1.54, 1.807) is 6.92 Å². The second-order valence-corrected chi connectivity index (χ2v) is 8.98. The van der Waals surface area contributed by atoms with Gasteiger partial charge in [0.1, 0.15) is 11.6 Å². The summed E-state index contributed by atoms with van der Waals surface area (Å²) in [5.41, 5.74) is 0.284. The lowest BCUT2D eigenvalue weighted by Crippen LogP contribution is -2.19. The summed E-state index contributed by atoms with van der Waals surface area (Å²) in [6, 6.07) is 0. The minimum atomic E-state index is -0.514. The molecule has 0 radical (unpaired) electrons. The van der Waals surface area contributed by atoms with Crippen LogP contribution in [0.3, 0.4) is 0 Å². The zero-order valence-electron chi connectivity index (χ0n) is 17.4. The van der Waals surface area contributed by atoms with E-state index in [0.717, 1.165) is 38.5 Å². The molecule has 0 heterocycles. The fourth-order valence-corrected chi connectivity index (χ4v) is 3.99. The van der Waals surface area contributed by atoms with Crippen molar-refractivity contribution < 1.29 is 14.7 Å². The van der Waals surface area contributed by atoms with E-state index in [4.69, 9.17) is 0 Å². The molecular weight excluding hydrogens is 324 g/mol. The van der Waals surface area contributed by atoms with Crippen LogP contribution in [0, 0.1) is 17.3 Å². The smallest absolute Gasteiger partial charge is 0.139 e. The second kappa shape index (κ2) is 11.7. The number of hydrogen-bond acceptors (Lipinski definition) is 3. The van der Waals surface area contributed by atoms with Crippen LogP contribution in [0.15, 0.2) is 12.2 Å². The van der Waals surface area contributed by atoms with Crippen molar-refractivity contribution in [3.63, 3.8) is 0 Å². The molecule has 3 nitrogen and oxygen atoms in total. The van der Waals surface area contributed by atoms with E-state index in [9.17, 15) is 14.7 Å². The lowest BCUT2D eigenvalue weighted by Gasteiger charge is -2.23. The fraction of sp³-hybridized carbons (Fsp3) is 0.826. The minimum Gasteiger partial charge on any atom is -0.392 e. The van der Waals surface area contributed by atoms with E-state index in [0.29, 0.717) is 12.8 Å². The monoisotopic (exact) mass is 364 g/mol. The Labute approximate surface area is 160 Å². The largest absolute Gasteiger partial charge is 0.392 e. The first-order valence-corrected chi connectivity index (χ1v) is 10.6. The SMILES string of the molecule is CCCCC(C)(C)C/C=C/[C@H]1[C@H](O)CC(=O)[C@@H]1CCCCCCC(C)=O. The number of rotatable bonds is 13. The molecule has 0 bridgehead atoms. The second-order valence-electron chi connectivity index (χ2n) is 8.98. The first kappa shape index (κ1) is 23.1. The normalized spacial score (nSPS) is 23.9. The number of allylic oxidation sites excluding steroid dienone is 1. The molecule has 3 atom stereocenters. The van der Waals surface area contributed by atoms with Gasteiger partial charge in [0.2, 0.25) is 0 Å². The molecule has 0 aromatic carbocycles. The van der Waals surface area contributed by atoms with Crippen LogP contribution in [-0.4, -0.2) is 22.8 Å². The Bertz CT molecular complexity index is 464. The van der Waals surface area contributed by atoms with Crippen LogP contribution < -0.4 is 0 Å². The van der Waals surface area contributed by atoms with Gasteiger partial charge in [0.05, 0.1) is 6.10 Å². The van der Waals surface area contributed by atoms with Gasteiger partial charge < -0.3 is 9.90 Å². The standard InChI is InChI=1S/C23H40O3/c1-5-6-15-23(3,4)16-11-14-20-19(21(25)17-22(20)26)13-10-8-7-9-12-18(2)24/h11,14,19-20,22,26H,5-10,12-13,15-17H2,1-4H3/b14-11+/t19-,20-,22-/m1/s1. The van der Waals surface area contributed by atoms with Crippen molar-refractivity contribution in [2.45, 2.75) is 104 Å². The molecule has 1 rings (SSSR count). The molecule has 26 heavy (non-hydrogen) atoms. The zero-order valence-corrected chi connectivity index (χ0v) is 17.4. The Morgan fingerprint density at radius 2 is 1.88 bits per heavy atom. The van der Waals surface area contributed by atoms with Gasteiger partial charge in [-0.05, 0) is 38.0 Å². The van der Waals surface area contributed by atoms with Gasteiger partial charge in [0.15, 0.2) is 0 Å². The van der Waals surface area contributed by atoms with Crippen LogP contribution in [0.25, 0.3) is 0 Å². The highest BCUT2D eigenvalue weighted by Gasteiger charge is 2.39. The first-order chi connectivity index (χ1) is 12.3. The molecular formula is C23H40O3. The molecule has 0 saturated heterocycles. The van der Waals surface area contributed by atoms with Crippen molar-refractivity contribution in [3.05, 3.63) is 12.2 Å². The van der Waals surface area contributed by atoms with Gasteiger partial charge in [0, 0.05) is 24.7 Å². The van der Waals surface area contributed by atoms with Crippen molar-refractivity contribution in [2.75, 3.05) is 0 Å². The summed E-state index contributed by atoms with van der Waals surface area (Å²) < 4.78 is 0. The topological polar surface area (TPSA) is 54.4 Å². The molecule has 1 fully saturated rings. The lowest BCUT2D eigenvalue weighted by molar-refractivity contribution is -0.121. The minimum absolute atomic E-state index is 0.0123. The number of ketones is 2. The highest BCUT2D eigenvalue weighted by Crippen LogP contribution is 2.35. The lowest BCUT2D eigenvalue weighted by atomic mass is 9.82. The average molecular weight is 365 g/mol. The van der Waals surface area contributed by atoms with Gasteiger partial charge in [-0.1, -0.05) is 65.0 Å². The number of unbranched alkanes of at least 4 members (excludes halogenated alkanes) is 4. The number of aliphatic hydroxyl groups excluding tert-OH is 1. The Hall–Kier alpha value is -0.960. The van der Waals surface area contributed by atoms with Gasteiger partial charge in [-0.15, -0.1) is 0 Å². The molecule has 0 aliphatic heterocycles. The molecule has 0 aromatic rings.